The van der Waals surface area contributed by atoms with Crippen molar-refractivity contribution in [1.29, 1.82) is 0 Å². The van der Waals surface area contributed by atoms with E-state index in [1.165, 1.54) is 6.07 Å². The molecule has 0 radical (unpaired) electrons. The highest BCUT2D eigenvalue weighted by atomic mass is 19.1. The van der Waals surface area contributed by atoms with Crippen molar-refractivity contribution in [2.75, 3.05) is 32.9 Å². The van der Waals surface area contributed by atoms with Gasteiger partial charge in [-0.15, -0.1) is 0 Å². The Morgan fingerprint density at radius 2 is 2.21 bits per heavy atom. The molecular weight excluding hydrogens is 249 g/mol. The van der Waals surface area contributed by atoms with Crippen LogP contribution in [0, 0.1) is 5.82 Å². The lowest BCUT2D eigenvalue weighted by Crippen LogP contribution is -2.48. The van der Waals surface area contributed by atoms with Crippen LogP contribution in [-0.4, -0.2) is 54.1 Å². The topological polar surface area (TPSA) is 52.9 Å². The van der Waals surface area contributed by atoms with Crippen LogP contribution in [0.5, 0.6) is 0 Å². The number of halogens is 1. The molecule has 1 fully saturated rings. The molecule has 0 aromatic heterocycles. The predicted molar refractivity (Wildman–Crippen MR) is 69.2 cm³/mol. The van der Waals surface area contributed by atoms with E-state index in [4.69, 9.17) is 4.74 Å². The summed E-state index contributed by atoms with van der Waals surface area (Å²) in [7, 11) is 0. The second kappa shape index (κ2) is 6.96. The van der Waals surface area contributed by atoms with Crippen LogP contribution in [0.3, 0.4) is 0 Å². The monoisotopic (exact) mass is 269 g/mol. The van der Waals surface area contributed by atoms with Crippen LogP contribution in [-0.2, 0) is 4.74 Å². The van der Waals surface area contributed by atoms with Crippen molar-refractivity contribution in [3.05, 3.63) is 35.6 Å². The van der Waals surface area contributed by atoms with Gasteiger partial charge >= 0.3 is 0 Å². The maximum Gasteiger partial charge on any atom is 0.128 e. The SMILES string of the molecule is OCC1COCCN1CCC(O)c1ccccc1F. The third kappa shape index (κ3) is 3.73. The van der Waals surface area contributed by atoms with Crippen molar-refractivity contribution in [2.45, 2.75) is 18.6 Å². The van der Waals surface area contributed by atoms with Crippen LogP contribution in [0.4, 0.5) is 4.39 Å². The minimum Gasteiger partial charge on any atom is -0.395 e. The van der Waals surface area contributed by atoms with Crippen LogP contribution in [0.25, 0.3) is 0 Å². The molecule has 1 aliphatic heterocycles. The van der Waals surface area contributed by atoms with Crippen molar-refractivity contribution in [3.8, 4) is 0 Å². The summed E-state index contributed by atoms with van der Waals surface area (Å²) >= 11 is 0. The number of aliphatic hydroxyl groups excluding tert-OH is 2. The van der Waals surface area contributed by atoms with Gasteiger partial charge in [0, 0.05) is 18.7 Å². The number of nitrogens with zero attached hydrogens (tertiary/aromatic N) is 1. The quantitative estimate of drug-likeness (QED) is 0.835. The van der Waals surface area contributed by atoms with E-state index in [0.717, 1.165) is 6.54 Å². The molecule has 0 aliphatic carbocycles. The van der Waals surface area contributed by atoms with Crippen molar-refractivity contribution in [1.82, 2.24) is 4.90 Å². The van der Waals surface area contributed by atoms with Crippen LogP contribution in [0.1, 0.15) is 18.1 Å². The zero-order valence-corrected chi connectivity index (χ0v) is 10.8. The lowest BCUT2D eigenvalue weighted by Gasteiger charge is -2.34. The molecule has 4 nitrogen and oxygen atoms in total. The van der Waals surface area contributed by atoms with Gasteiger partial charge in [0.15, 0.2) is 0 Å². The summed E-state index contributed by atoms with van der Waals surface area (Å²) in [5.74, 6) is -0.379. The summed E-state index contributed by atoms with van der Waals surface area (Å²) in [6.45, 7) is 2.52. The molecule has 0 amide bonds. The zero-order valence-electron chi connectivity index (χ0n) is 10.8. The van der Waals surface area contributed by atoms with Gasteiger partial charge in [-0.05, 0) is 12.5 Å². The molecule has 19 heavy (non-hydrogen) atoms. The molecule has 2 unspecified atom stereocenters. The number of benzene rings is 1. The molecule has 2 N–H and O–H groups in total. The number of morpholine rings is 1. The van der Waals surface area contributed by atoms with Crippen molar-refractivity contribution < 1.29 is 19.3 Å². The molecule has 1 aliphatic rings. The molecule has 1 heterocycles. The third-order valence-electron chi connectivity index (χ3n) is 3.51. The van der Waals surface area contributed by atoms with Crippen LogP contribution >= 0.6 is 0 Å². The predicted octanol–water partition coefficient (Wildman–Crippen LogP) is 0.942. The van der Waals surface area contributed by atoms with E-state index in [9.17, 15) is 14.6 Å². The summed E-state index contributed by atoms with van der Waals surface area (Å²) in [5, 5.41) is 19.3. The maximum atomic E-state index is 13.5. The zero-order chi connectivity index (χ0) is 13.7. The summed E-state index contributed by atoms with van der Waals surface area (Å²) < 4.78 is 18.8. The molecule has 106 valence electrons. The number of hydrogen-bond acceptors (Lipinski definition) is 4. The molecule has 5 heteroatoms. The molecule has 0 saturated carbocycles. The Morgan fingerprint density at radius 1 is 1.42 bits per heavy atom. The van der Waals surface area contributed by atoms with E-state index >= 15 is 0 Å². The standard InChI is InChI=1S/C14H20FNO3/c15-13-4-2-1-3-12(13)14(18)5-6-16-7-8-19-10-11(16)9-17/h1-4,11,14,17-18H,5-10H2. The van der Waals surface area contributed by atoms with Crippen molar-refractivity contribution in [2.24, 2.45) is 0 Å². The number of aliphatic hydroxyl groups is 2. The van der Waals surface area contributed by atoms with Gasteiger partial charge in [-0.25, -0.2) is 4.39 Å². The van der Waals surface area contributed by atoms with Gasteiger partial charge in [-0.3, -0.25) is 4.90 Å². The summed E-state index contributed by atoms with van der Waals surface area (Å²) in [6.07, 6.45) is -0.374. The Kier molecular flexibility index (Phi) is 5.27. The summed E-state index contributed by atoms with van der Waals surface area (Å²) in [6, 6.07) is 6.25. The molecule has 1 saturated heterocycles. The lowest BCUT2D eigenvalue weighted by atomic mass is 10.1. The lowest BCUT2D eigenvalue weighted by molar-refractivity contribution is -0.0322. The van der Waals surface area contributed by atoms with E-state index in [2.05, 4.69) is 4.90 Å². The second-order valence-electron chi connectivity index (χ2n) is 4.77. The average Bonchev–Trinajstić information content (AvgIpc) is 2.45. The van der Waals surface area contributed by atoms with Gasteiger partial charge in [0.1, 0.15) is 5.82 Å². The molecule has 2 rings (SSSR count). The van der Waals surface area contributed by atoms with E-state index < -0.39 is 6.10 Å². The fourth-order valence-corrected chi connectivity index (χ4v) is 2.34. The van der Waals surface area contributed by atoms with Crippen LogP contribution in [0.15, 0.2) is 24.3 Å². The first-order valence-electron chi connectivity index (χ1n) is 6.57. The highest BCUT2D eigenvalue weighted by molar-refractivity contribution is 5.19. The minimum atomic E-state index is -0.816. The van der Waals surface area contributed by atoms with Gasteiger partial charge in [-0.2, -0.15) is 0 Å². The first kappa shape index (κ1) is 14.4. The van der Waals surface area contributed by atoms with E-state index in [0.29, 0.717) is 31.7 Å². The third-order valence-corrected chi connectivity index (χ3v) is 3.51. The fourth-order valence-electron chi connectivity index (χ4n) is 2.34. The summed E-state index contributed by atoms with van der Waals surface area (Å²) in [4.78, 5) is 2.08. The molecular formula is C14H20FNO3. The Bertz CT molecular complexity index is 402. The van der Waals surface area contributed by atoms with Crippen LogP contribution in [0.2, 0.25) is 0 Å². The Balaban J connectivity index is 1.89. The number of rotatable bonds is 5. The smallest absolute Gasteiger partial charge is 0.128 e. The second-order valence-corrected chi connectivity index (χ2v) is 4.77. The van der Waals surface area contributed by atoms with Crippen LogP contribution < -0.4 is 0 Å². The molecule has 0 spiro atoms. The van der Waals surface area contributed by atoms with E-state index in [-0.39, 0.29) is 18.5 Å². The Labute approximate surface area is 112 Å². The van der Waals surface area contributed by atoms with Gasteiger partial charge < -0.3 is 14.9 Å². The molecule has 1 aromatic rings. The normalized spacial score (nSPS) is 22.4. The highest BCUT2D eigenvalue weighted by Crippen LogP contribution is 2.20. The minimum absolute atomic E-state index is 0.0263. The van der Waals surface area contributed by atoms with E-state index in [1.807, 2.05) is 0 Å². The van der Waals surface area contributed by atoms with Crippen molar-refractivity contribution >= 4 is 0 Å². The first-order chi connectivity index (χ1) is 9.22. The maximum absolute atomic E-state index is 13.5. The van der Waals surface area contributed by atoms with Gasteiger partial charge in [0.05, 0.1) is 32.0 Å². The number of ether oxygens (including phenoxy) is 1. The molecule has 0 bridgehead atoms. The van der Waals surface area contributed by atoms with Gasteiger partial charge in [0.25, 0.3) is 0 Å². The van der Waals surface area contributed by atoms with E-state index in [1.54, 1.807) is 18.2 Å². The molecule has 1 aromatic carbocycles. The first-order valence-corrected chi connectivity index (χ1v) is 6.57. The largest absolute Gasteiger partial charge is 0.395 e. The Hall–Kier alpha value is -1.01. The molecule has 2 atom stereocenters. The average molecular weight is 269 g/mol. The Morgan fingerprint density at radius 3 is 2.95 bits per heavy atom. The van der Waals surface area contributed by atoms with Gasteiger partial charge in [0.2, 0.25) is 0 Å². The highest BCUT2D eigenvalue weighted by Gasteiger charge is 2.23. The van der Waals surface area contributed by atoms with Crippen molar-refractivity contribution in [3.63, 3.8) is 0 Å². The fraction of sp³-hybridized carbons (Fsp3) is 0.571. The van der Waals surface area contributed by atoms with Gasteiger partial charge in [-0.1, -0.05) is 18.2 Å². The number of hydrogen-bond donors (Lipinski definition) is 2. The summed E-state index contributed by atoms with van der Waals surface area (Å²) in [5.41, 5.74) is 0.330.